The monoisotopic (exact) mass is 391 g/mol. The summed E-state index contributed by atoms with van der Waals surface area (Å²) in [4.78, 5) is 27.1. The van der Waals surface area contributed by atoms with Crippen LogP contribution in [0.2, 0.25) is 0 Å². The Morgan fingerprint density at radius 2 is 1.93 bits per heavy atom. The number of fused-ring (bicyclic) bond motifs is 2. The Bertz CT molecular complexity index is 1290. The zero-order valence-corrected chi connectivity index (χ0v) is 16.4. The van der Waals surface area contributed by atoms with Gasteiger partial charge in [0.15, 0.2) is 0 Å². The van der Waals surface area contributed by atoms with Crippen LogP contribution >= 0.6 is 0 Å². The number of halogens is 1. The highest BCUT2D eigenvalue weighted by Crippen LogP contribution is 2.20. The smallest absolute Gasteiger partial charge is 0.251 e. The summed E-state index contributed by atoms with van der Waals surface area (Å²) in [7, 11) is 2.03. The normalized spacial score (nSPS) is 11.3. The molecule has 29 heavy (non-hydrogen) atoms. The number of aromatic amines is 1. The first-order chi connectivity index (χ1) is 13.9. The molecule has 0 spiro atoms. The third kappa shape index (κ3) is 3.92. The van der Waals surface area contributed by atoms with Crippen LogP contribution < -0.4 is 10.9 Å². The zero-order chi connectivity index (χ0) is 20.5. The van der Waals surface area contributed by atoms with Gasteiger partial charge in [0.2, 0.25) is 5.91 Å². The summed E-state index contributed by atoms with van der Waals surface area (Å²) in [6.45, 7) is 2.50. The van der Waals surface area contributed by atoms with Crippen LogP contribution in [0, 0.1) is 12.7 Å². The molecule has 2 heterocycles. The predicted molar refractivity (Wildman–Crippen MR) is 112 cm³/mol. The highest BCUT2D eigenvalue weighted by atomic mass is 19.1. The van der Waals surface area contributed by atoms with Gasteiger partial charge in [-0.3, -0.25) is 9.59 Å². The van der Waals surface area contributed by atoms with Gasteiger partial charge < -0.3 is 14.9 Å². The molecule has 0 radical (unpaired) electrons. The Morgan fingerprint density at radius 3 is 2.76 bits per heavy atom. The van der Waals surface area contributed by atoms with Gasteiger partial charge in [0, 0.05) is 42.2 Å². The molecule has 0 aliphatic heterocycles. The summed E-state index contributed by atoms with van der Waals surface area (Å²) in [6, 6.07) is 14.2. The molecular weight excluding hydrogens is 369 g/mol. The number of pyridine rings is 1. The Balaban J connectivity index is 1.39. The maximum absolute atomic E-state index is 13.3. The van der Waals surface area contributed by atoms with Crippen molar-refractivity contribution in [3.05, 3.63) is 81.5 Å². The average Bonchev–Trinajstić information content (AvgIpc) is 2.98. The van der Waals surface area contributed by atoms with Crippen LogP contribution in [-0.2, 0) is 24.8 Å². The number of nitrogens with one attached hydrogen (secondary N) is 2. The van der Waals surface area contributed by atoms with Crippen molar-refractivity contribution in [2.45, 2.75) is 26.3 Å². The number of carbonyl (C=O) groups excluding carboxylic acids is 1. The van der Waals surface area contributed by atoms with Crippen molar-refractivity contribution in [3.8, 4) is 0 Å². The number of carbonyl (C=O) groups is 1. The van der Waals surface area contributed by atoms with E-state index < -0.39 is 5.82 Å². The van der Waals surface area contributed by atoms with Crippen LogP contribution in [0.3, 0.4) is 0 Å². The number of H-pyrrole nitrogens is 1. The number of rotatable bonds is 5. The van der Waals surface area contributed by atoms with Gasteiger partial charge in [-0.2, -0.15) is 0 Å². The minimum Gasteiger partial charge on any atom is -0.352 e. The lowest BCUT2D eigenvalue weighted by atomic mass is 10.1. The van der Waals surface area contributed by atoms with E-state index in [1.54, 1.807) is 12.1 Å². The topological polar surface area (TPSA) is 66.9 Å². The molecule has 1 amide bonds. The van der Waals surface area contributed by atoms with E-state index in [2.05, 4.69) is 40.0 Å². The fourth-order valence-corrected chi connectivity index (χ4v) is 3.59. The van der Waals surface area contributed by atoms with Crippen molar-refractivity contribution >= 4 is 27.7 Å². The SMILES string of the molecule is Cc1cc2cc(CNC(=O)CCc3cc4ccc(F)cc4[nH]c3=O)ccc2n1C. The summed E-state index contributed by atoms with van der Waals surface area (Å²) in [5, 5.41) is 4.80. The summed E-state index contributed by atoms with van der Waals surface area (Å²) < 4.78 is 15.4. The second kappa shape index (κ2) is 7.54. The highest BCUT2D eigenvalue weighted by molar-refractivity contribution is 5.82. The molecule has 148 valence electrons. The standard InChI is InChI=1S/C23H22FN3O2/c1-14-9-18-10-15(3-7-21(18)27(14)2)13-25-22(28)8-5-17-11-16-4-6-19(24)12-20(16)26-23(17)29/h3-4,6-7,9-12H,5,8,13H2,1-2H3,(H,25,28)(H,26,29). The minimum atomic E-state index is -0.399. The van der Waals surface area contributed by atoms with Gasteiger partial charge in [0.1, 0.15) is 5.82 Å². The second-order valence-corrected chi connectivity index (χ2v) is 7.37. The number of aryl methyl sites for hydroxylation is 3. The second-order valence-electron chi connectivity index (χ2n) is 7.37. The molecule has 2 aromatic heterocycles. The Kier molecular flexibility index (Phi) is 4.92. The van der Waals surface area contributed by atoms with E-state index in [9.17, 15) is 14.0 Å². The third-order valence-electron chi connectivity index (χ3n) is 5.34. The van der Waals surface area contributed by atoms with Gasteiger partial charge in [-0.05, 0) is 66.8 Å². The molecule has 2 N–H and O–H groups in total. The molecule has 5 nitrogen and oxygen atoms in total. The molecule has 0 fully saturated rings. The highest BCUT2D eigenvalue weighted by Gasteiger charge is 2.08. The van der Waals surface area contributed by atoms with Crippen molar-refractivity contribution in [1.82, 2.24) is 14.9 Å². The largest absolute Gasteiger partial charge is 0.352 e. The molecule has 0 saturated carbocycles. The fourth-order valence-electron chi connectivity index (χ4n) is 3.59. The fraction of sp³-hybridized carbons (Fsp3) is 0.217. The molecule has 0 bridgehead atoms. The first-order valence-electron chi connectivity index (χ1n) is 9.54. The van der Waals surface area contributed by atoms with E-state index >= 15 is 0 Å². The molecule has 0 atom stereocenters. The van der Waals surface area contributed by atoms with Crippen LogP contribution in [0.15, 0.2) is 53.3 Å². The third-order valence-corrected chi connectivity index (χ3v) is 5.34. The van der Waals surface area contributed by atoms with Crippen molar-refractivity contribution in [1.29, 1.82) is 0 Å². The molecule has 2 aromatic carbocycles. The molecule has 0 saturated heterocycles. The number of amides is 1. The van der Waals surface area contributed by atoms with E-state index in [4.69, 9.17) is 0 Å². The molecule has 4 rings (SSSR count). The molecule has 0 aliphatic rings. The number of nitrogens with zero attached hydrogens (tertiary/aromatic N) is 1. The number of hydrogen-bond donors (Lipinski definition) is 2. The van der Waals surface area contributed by atoms with Gasteiger partial charge in [-0.25, -0.2) is 4.39 Å². The molecule has 0 aliphatic carbocycles. The number of aromatic nitrogens is 2. The lowest BCUT2D eigenvalue weighted by molar-refractivity contribution is -0.121. The first-order valence-corrected chi connectivity index (χ1v) is 9.54. The van der Waals surface area contributed by atoms with Crippen LogP contribution in [0.4, 0.5) is 4.39 Å². The van der Waals surface area contributed by atoms with Crippen molar-refractivity contribution in [2.24, 2.45) is 7.05 Å². The van der Waals surface area contributed by atoms with Crippen LogP contribution in [0.1, 0.15) is 23.2 Å². The van der Waals surface area contributed by atoms with Gasteiger partial charge in [-0.1, -0.05) is 6.07 Å². The lowest BCUT2D eigenvalue weighted by Crippen LogP contribution is -2.24. The van der Waals surface area contributed by atoms with Crippen molar-refractivity contribution in [3.63, 3.8) is 0 Å². The molecule has 0 unspecified atom stereocenters. The van der Waals surface area contributed by atoms with Crippen molar-refractivity contribution < 1.29 is 9.18 Å². The molecular formula is C23H22FN3O2. The van der Waals surface area contributed by atoms with Gasteiger partial charge in [0.25, 0.3) is 5.56 Å². The van der Waals surface area contributed by atoms with Crippen LogP contribution in [0.25, 0.3) is 21.8 Å². The Labute approximate surface area is 167 Å². The van der Waals surface area contributed by atoms with E-state index in [1.807, 2.05) is 13.1 Å². The van der Waals surface area contributed by atoms with Crippen LogP contribution in [0.5, 0.6) is 0 Å². The molecule has 6 heteroatoms. The Hall–Kier alpha value is -3.41. The van der Waals surface area contributed by atoms with Gasteiger partial charge >= 0.3 is 0 Å². The zero-order valence-electron chi connectivity index (χ0n) is 16.4. The van der Waals surface area contributed by atoms with Crippen molar-refractivity contribution in [2.75, 3.05) is 0 Å². The maximum Gasteiger partial charge on any atom is 0.251 e. The van der Waals surface area contributed by atoms with E-state index in [0.717, 1.165) is 21.9 Å². The summed E-state index contributed by atoms with van der Waals surface area (Å²) in [5.41, 5.74) is 4.05. The summed E-state index contributed by atoms with van der Waals surface area (Å²) in [5.74, 6) is -0.517. The summed E-state index contributed by atoms with van der Waals surface area (Å²) >= 11 is 0. The van der Waals surface area contributed by atoms with Gasteiger partial charge in [-0.15, -0.1) is 0 Å². The van der Waals surface area contributed by atoms with E-state index in [-0.39, 0.29) is 17.9 Å². The van der Waals surface area contributed by atoms with Crippen LogP contribution in [-0.4, -0.2) is 15.5 Å². The van der Waals surface area contributed by atoms with E-state index in [0.29, 0.717) is 24.0 Å². The van der Waals surface area contributed by atoms with Gasteiger partial charge in [0.05, 0.1) is 5.52 Å². The number of hydrogen-bond acceptors (Lipinski definition) is 2. The Morgan fingerprint density at radius 1 is 1.10 bits per heavy atom. The summed E-state index contributed by atoms with van der Waals surface area (Å²) in [6.07, 6.45) is 0.536. The quantitative estimate of drug-likeness (QED) is 0.545. The predicted octanol–water partition coefficient (Wildman–Crippen LogP) is 3.72. The average molecular weight is 391 g/mol. The maximum atomic E-state index is 13.3. The number of benzene rings is 2. The minimum absolute atomic E-state index is 0.118. The molecule has 4 aromatic rings. The van der Waals surface area contributed by atoms with E-state index in [1.165, 1.54) is 17.8 Å². The lowest BCUT2D eigenvalue weighted by Gasteiger charge is -2.07. The first kappa shape index (κ1) is 18.9.